The second kappa shape index (κ2) is 8.71. The minimum absolute atomic E-state index is 0.112. The summed E-state index contributed by atoms with van der Waals surface area (Å²) in [7, 11) is 0. The third-order valence-electron chi connectivity index (χ3n) is 5.21. The van der Waals surface area contributed by atoms with Crippen molar-refractivity contribution in [2.24, 2.45) is 0 Å². The van der Waals surface area contributed by atoms with Gasteiger partial charge in [0.15, 0.2) is 11.0 Å². The zero-order valence-electron chi connectivity index (χ0n) is 16.6. The largest absolute Gasteiger partial charge is 0.311 e. The number of anilines is 1. The first-order valence-corrected chi connectivity index (χ1v) is 11.6. The molecule has 2 aromatic carbocycles. The number of carbonyl (C=O) groups is 1. The summed E-state index contributed by atoms with van der Waals surface area (Å²) in [6.45, 7) is 5.68. The number of thioether (sulfide) groups is 1. The molecule has 29 heavy (non-hydrogen) atoms. The van der Waals surface area contributed by atoms with Crippen LogP contribution in [0.2, 0.25) is 0 Å². The van der Waals surface area contributed by atoms with Crippen LogP contribution in [0, 0.1) is 6.92 Å². The molecule has 4 rings (SSSR count). The molecule has 5 nitrogen and oxygen atoms in total. The number of carbonyl (C=O) groups excluding carboxylic acids is 1. The van der Waals surface area contributed by atoms with Crippen LogP contribution in [0.1, 0.15) is 24.5 Å². The molecule has 1 aliphatic heterocycles. The third kappa shape index (κ3) is 4.12. The van der Waals surface area contributed by atoms with Crippen LogP contribution in [0.15, 0.2) is 52.1 Å². The van der Waals surface area contributed by atoms with Crippen LogP contribution >= 0.6 is 27.7 Å². The van der Waals surface area contributed by atoms with E-state index in [1.807, 2.05) is 29.2 Å². The average Bonchev–Trinajstić information content (AvgIpc) is 3.14. The maximum atomic E-state index is 13.0. The fourth-order valence-electron chi connectivity index (χ4n) is 3.73. The molecule has 150 valence electrons. The monoisotopic (exact) mass is 470 g/mol. The second-order valence-electron chi connectivity index (χ2n) is 7.08. The summed E-state index contributed by atoms with van der Waals surface area (Å²) < 4.78 is 3.14. The van der Waals surface area contributed by atoms with Crippen LogP contribution in [0.25, 0.3) is 11.4 Å². The molecule has 0 radical (unpaired) electrons. The van der Waals surface area contributed by atoms with Gasteiger partial charge in [0, 0.05) is 28.8 Å². The highest BCUT2D eigenvalue weighted by Crippen LogP contribution is 2.31. The average molecular weight is 471 g/mol. The van der Waals surface area contributed by atoms with Crippen LogP contribution in [0.3, 0.4) is 0 Å². The van der Waals surface area contributed by atoms with Gasteiger partial charge in [0.05, 0.1) is 5.75 Å². The van der Waals surface area contributed by atoms with Crippen LogP contribution < -0.4 is 4.90 Å². The van der Waals surface area contributed by atoms with Gasteiger partial charge < -0.3 is 9.47 Å². The van der Waals surface area contributed by atoms with Crippen molar-refractivity contribution in [3.05, 3.63) is 58.1 Å². The molecule has 3 aromatic rings. The van der Waals surface area contributed by atoms with E-state index in [1.54, 1.807) is 0 Å². The van der Waals surface area contributed by atoms with Gasteiger partial charge in [-0.05, 0) is 56.0 Å². The zero-order chi connectivity index (χ0) is 20.4. The van der Waals surface area contributed by atoms with Gasteiger partial charge in [-0.2, -0.15) is 0 Å². The van der Waals surface area contributed by atoms with Crippen LogP contribution in [0.5, 0.6) is 0 Å². The van der Waals surface area contributed by atoms with E-state index in [4.69, 9.17) is 0 Å². The summed E-state index contributed by atoms with van der Waals surface area (Å²) >= 11 is 4.99. The van der Waals surface area contributed by atoms with E-state index in [2.05, 4.69) is 62.7 Å². The lowest BCUT2D eigenvalue weighted by molar-refractivity contribution is -0.116. The normalized spacial score (nSPS) is 13.4. The van der Waals surface area contributed by atoms with E-state index < -0.39 is 0 Å². The number of amides is 1. The van der Waals surface area contributed by atoms with Crippen molar-refractivity contribution in [3.8, 4) is 11.4 Å². The molecule has 2 heterocycles. The summed E-state index contributed by atoms with van der Waals surface area (Å²) in [5.41, 5.74) is 4.50. The molecule has 0 atom stereocenters. The van der Waals surface area contributed by atoms with Gasteiger partial charge in [-0.3, -0.25) is 4.79 Å². The number of aryl methyl sites for hydroxylation is 2. The number of rotatable bonds is 5. The summed E-state index contributed by atoms with van der Waals surface area (Å²) in [4.78, 5) is 14.9. The van der Waals surface area contributed by atoms with Crippen LogP contribution in [0.4, 0.5) is 5.69 Å². The van der Waals surface area contributed by atoms with E-state index >= 15 is 0 Å². The van der Waals surface area contributed by atoms with Gasteiger partial charge in [0.2, 0.25) is 5.91 Å². The highest BCUT2D eigenvalue weighted by atomic mass is 79.9. The summed E-state index contributed by atoms with van der Waals surface area (Å²) in [5, 5.41) is 9.58. The second-order valence-corrected chi connectivity index (χ2v) is 8.93. The van der Waals surface area contributed by atoms with Gasteiger partial charge in [-0.25, -0.2) is 0 Å². The van der Waals surface area contributed by atoms with Gasteiger partial charge in [-0.1, -0.05) is 52.0 Å². The minimum Gasteiger partial charge on any atom is -0.311 e. The number of fused-ring (bicyclic) bond motifs is 1. The molecular weight excluding hydrogens is 448 g/mol. The van der Waals surface area contributed by atoms with Gasteiger partial charge in [0.1, 0.15) is 0 Å². The first-order chi connectivity index (χ1) is 14.1. The predicted octanol–water partition coefficient (Wildman–Crippen LogP) is 5.11. The van der Waals surface area contributed by atoms with Gasteiger partial charge >= 0.3 is 0 Å². The standard InChI is InChI=1S/C22H23BrN4OS/c1-3-26-21(18-9-5-4-7-15(18)2)24-25-22(26)29-14-20(28)27-12-6-8-16-13-17(23)10-11-19(16)27/h4-5,7,9-11,13H,3,6,8,12,14H2,1-2H3. The first-order valence-electron chi connectivity index (χ1n) is 9.79. The smallest absolute Gasteiger partial charge is 0.237 e. The van der Waals surface area contributed by atoms with E-state index in [0.717, 1.165) is 52.6 Å². The number of hydrogen-bond donors (Lipinski definition) is 0. The van der Waals surface area contributed by atoms with Crippen molar-refractivity contribution < 1.29 is 4.79 Å². The molecular formula is C22H23BrN4OS. The fourth-order valence-corrected chi connectivity index (χ4v) is 5.02. The molecule has 0 fully saturated rings. The van der Waals surface area contributed by atoms with Crippen LogP contribution in [-0.4, -0.2) is 33.0 Å². The fraction of sp³-hybridized carbons (Fsp3) is 0.318. The lowest BCUT2D eigenvalue weighted by Crippen LogP contribution is -2.36. The minimum atomic E-state index is 0.112. The highest BCUT2D eigenvalue weighted by molar-refractivity contribution is 9.10. The van der Waals surface area contributed by atoms with Crippen molar-refractivity contribution in [2.75, 3.05) is 17.2 Å². The van der Waals surface area contributed by atoms with E-state index in [-0.39, 0.29) is 5.91 Å². The number of hydrogen-bond acceptors (Lipinski definition) is 4. The Morgan fingerprint density at radius 1 is 1.21 bits per heavy atom. The van der Waals surface area contributed by atoms with Crippen molar-refractivity contribution in [3.63, 3.8) is 0 Å². The maximum Gasteiger partial charge on any atom is 0.237 e. The van der Waals surface area contributed by atoms with Crippen molar-refractivity contribution in [1.82, 2.24) is 14.8 Å². The summed E-state index contributed by atoms with van der Waals surface area (Å²) in [5.74, 6) is 1.32. The Labute approximate surface area is 183 Å². The molecule has 0 aliphatic carbocycles. The molecule has 0 saturated carbocycles. The molecule has 0 saturated heterocycles. The van der Waals surface area contributed by atoms with Crippen molar-refractivity contribution in [1.29, 1.82) is 0 Å². The molecule has 0 unspecified atom stereocenters. The van der Waals surface area contributed by atoms with E-state index in [0.29, 0.717) is 5.75 Å². The van der Waals surface area contributed by atoms with E-state index in [1.165, 1.54) is 22.9 Å². The summed E-state index contributed by atoms with van der Waals surface area (Å²) in [6, 6.07) is 14.3. The molecule has 1 amide bonds. The number of halogens is 1. The number of nitrogens with zero attached hydrogens (tertiary/aromatic N) is 4. The molecule has 7 heteroatoms. The Morgan fingerprint density at radius 2 is 2.03 bits per heavy atom. The Balaban J connectivity index is 1.52. The SMILES string of the molecule is CCn1c(SCC(=O)N2CCCc3cc(Br)ccc32)nnc1-c1ccccc1C. The van der Waals surface area contributed by atoms with Crippen molar-refractivity contribution in [2.45, 2.75) is 38.4 Å². The third-order valence-corrected chi connectivity index (χ3v) is 6.65. The topological polar surface area (TPSA) is 51.0 Å². The molecule has 1 aliphatic rings. The maximum absolute atomic E-state index is 13.0. The first kappa shape index (κ1) is 20.2. The molecule has 0 spiro atoms. The number of aromatic nitrogens is 3. The van der Waals surface area contributed by atoms with Crippen LogP contribution in [-0.2, 0) is 17.8 Å². The Hall–Kier alpha value is -2.12. The predicted molar refractivity (Wildman–Crippen MR) is 121 cm³/mol. The number of benzene rings is 2. The van der Waals surface area contributed by atoms with Gasteiger partial charge in [-0.15, -0.1) is 10.2 Å². The van der Waals surface area contributed by atoms with Crippen molar-refractivity contribution >= 4 is 39.3 Å². The lowest BCUT2D eigenvalue weighted by Gasteiger charge is -2.29. The van der Waals surface area contributed by atoms with E-state index in [9.17, 15) is 4.79 Å². The quantitative estimate of drug-likeness (QED) is 0.486. The Kier molecular flexibility index (Phi) is 6.06. The summed E-state index contributed by atoms with van der Waals surface area (Å²) in [6.07, 6.45) is 2.00. The Morgan fingerprint density at radius 3 is 2.83 bits per heavy atom. The molecule has 0 N–H and O–H groups in total. The Bertz CT molecular complexity index is 1050. The lowest BCUT2D eigenvalue weighted by atomic mass is 10.0. The zero-order valence-corrected chi connectivity index (χ0v) is 19.0. The highest BCUT2D eigenvalue weighted by Gasteiger charge is 2.24. The molecule has 1 aromatic heterocycles. The molecule has 0 bridgehead atoms. The van der Waals surface area contributed by atoms with Gasteiger partial charge in [0.25, 0.3) is 0 Å².